The molecule has 17 atom stereocenters. The number of ketones is 1. The highest BCUT2D eigenvalue weighted by Crippen LogP contribution is 2.65. The molecule has 0 spiro atoms. The quantitative estimate of drug-likeness (QED) is 0.173. The highest BCUT2D eigenvalue weighted by Gasteiger charge is 2.73. The number of allylic oxidation sites excluding steroid dienone is 2. The second-order valence-electron chi connectivity index (χ2n) is 15.5. The first-order valence-corrected chi connectivity index (χ1v) is 17.3. The Morgan fingerprint density at radius 3 is 2.39 bits per heavy atom. The molecule has 2 aliphatic carbocycles. The number of epoxide rings is 2. The summed E-state index contributed by atoms with van der Waals surface area (Å²) in [4.78, 5) is 33.4. The van der Waals surface area contributed by atoms with Crippen molar-refractivity contribution >= 4 is 11.8 Å². The zero-order chi connectivity index (χ0) is 33.4. The van der Waals surface area contributed by atoms with Crippen LogP contribution in [0.1, 0.15) is 80.1 Å². The molecule has 0 radical (unpaired) electrons. The molecule has 0 amide bonds. The van der Waals surface area contributed by atoms with E-state index in [-0.39, 0.29) is 47.7 Å². The van der Waals surface area contributed by atoms with E-state index in [0.29, 0.717) is 17.9 Å². The van der Waals surface area contributed by atoms with Crippen LogP contribution in [0.15, 0.2) is 23.0 Å². The fourth-order valence-electron chi connectivity index (χ4n) is 9.84. The maximum Gasteiger partial charge on any atom is 0.364 e. The molecule has 11 heteroatoms. The van der Waals surface area contributed by atoms with Crippen molar-refractivity contribution in [3.8, 4) is 0 Å². The van der Waals surface area contributed by atoms with E-state index in [1.807, 2.05) is 0 Å². The SMILES string of the molecule is C/C=C(/C)[C@H](O)[C@H](O)[C@H]1[C@@H](O)[C@H](O)[C@@H](C)CCCC[C@@H]2O[C@@]2(C)[C@H]2[C@@H]3O[C@@H]3[C@H]3C[C@@H](C)C[C@@H](C)[C@H]3[C@@H]2/C(O)=C2/C(=O)CN1OC2=O. The third-order valence-electron chi connectivity index (χ3n) is 12.5. The van der Waals surface area contributed by atoms with E-state index in [9.17, 15) is 35.1 Å². The molecule has 7 rings (SSSR count). The molecule has 0 aromatic heterocycles. The normalized spacial score (nSPS) is 51.0. The number of carbonyl (C=O) groups is 2. The van der Waals surface area contributed by atoms with Gasteiger partial charge in [-0.3, -0.25) is 4.79 Å². The van der Waals surface area contributed by atoms with Crippen LogP contribution in [0, 0.1) is 41.4 Å². The molecule has 5 N–H and O–H groups in total. The molecule has 7 aliphatic rings. The Morgan fingerprint density at radius 1 is 1.02 bits per heavy atom. The molecule has 0 aromatic carbocycles. The summed E-state index contributed by atoms with van der Waals surface area (Å²) >= 11 is 0. The predicted octanol–water partition coefficient (Wildman–Crippen LogP) is 2.60. The minimum absolute atomic E-state index is 0.0221. The number of hydroxylamine groups is 2. The zero-order valence-electron chi connectivity index (χ0n) is 27.9. The number of fused-ring (bicyclic) bond motifs is 12. The van der Waals surface area contributed by atoms with Gasteiger partial charge in [0.2, 0.25) is 0 Å². The van der Waals surface area contributed by atoms with Gasteiger partial charge in [-0.25, -0.2) is 4.79 Å². The van der Waals surface area contributed by atoms with Gasteiger partial charge in [0.15, 0.2) is 5.78 Å². The number of aliphatic hydroxyl groups is 5. The highest BCUT2D eigenvalue weighted by atomic mass is 16.7. The lowest BCUT2D eigenvalue weighted by atomic mass is 9.53. The van der Waals surface area contributed by atoms with Crippen LogP contribution in [0.2, 0.25) is 0 Å². The molecule has 1 unspecified atom stereocenters. The first-order chi connectivity index (χ1) is 21.7. The Kier molecular flexibility index (Phi) is 9.28. The van der Waals surface area contributed by atoms with Crippen molar-refractivity contribution < 1.29 is 49.4 Å². The molecule has 5 aliphatic heterocycles. The van der Waals surface area contributed by atoms with Crippen LogP contribution in [0.5, 0.6) is 0 Å². The van der Waals surface area contributed by atoms with Gasteiger partial charge >= 0.3 is 5.97 Å². The molecule has 46 heavy (non-hydrogen) atoms. The number of Topliss-reactive ketones (excluding diaryl/α,β-unsaturated/α-hetero) is 1. The van der Waals surface area contributed by atoms with Gasteiger partial charge in [-0.15, -0.1) is 5.06 Å². The number of ether oxygens (including phenoxy) is 2. The lowest BCUT2D eigenvalue weighted by molar-refractivity contribution is -0.238. The van der Waals surface area contributed by atoms with Gasteiger partial charge in [0.25, 0.3) is 0 Å². The maximum absolute atomic E-state index is 13.9. The fourth-order valence-corrected chi connectivity index (χ4v) is 9.84. The lowest BCUT2D eigenvalue weighted by Crippen LogP contribution is -2.62. The van der Waals surface area contributed by atoms with Crippen LogP contribution in [0.4, 0.5) is 0 Å². The molecular formula is C35H53NO10. The van der Waals surface area contributed by atoms with Crippen molar-refractivity contribution in [2.24, 2.45) is 41.4 Å². The summed E-state index contributed by atoms with van der Waals surface area (Å²) in [7, 11) is 0. The Bertz CT molecular complexity index is 1250. The van der Waals surface area contributed by atoms with Gasteiger partial charge in [-0.05, 0) is 81.6 Å². The number of rotatable bonds is 3. The van der Waals surface area contributed by atoms with Crippen molar-refractivity contribution in [1.29, 1.82) is 0 Å². The van der Waals surface area contributed by atoms with E-state index in [0.717, 1.165) is 37.2 Å². The maximum atomic E-state index is 13.9. The number of carbonyl (C=O) groups excluding carboxylic acids is 2. The third-order valence-corrected chi connectivity index (χ3v) is 12.5. The molecule has 5 fully saturated rings. The largest absolute Gasteiger partial charge is 0.511 e. The van der Waals surface area contributed by atoms with Gasteiger partial charge in [0, 0.05) is 11.8 Å². The molecule has 258 valence electrons. The van der Waals surface area contributed by atoms with E-state index in [1.54, 1.807) is 26.8 Å². The highest BCUT2D eigenvalue weighted by molar-refractivity contribution is 6.19. The minimum Gasteiger partial charge on any atom is -0.511 e. The van der Waals surface area contributed by atoms with Crippen molar-refractivity contribution in [2.75, 3.05) is 6.54 Å². The molecule has 2 saturated carbocycles. The van der Waals surface area contributed by atoms with Crippen LogP contribution < -0.4 is 0 Å². The van der Waals surface area contributed by atoms with Gasteiger partial charge < -0.3 is 39.8 Å². The van der Waals surface area contributed by atoms with Gasteiger partial charge in [-0.1, -0.05) is 39.7 Å². The summed E-state index contributed by atoms with van der Waals surface area (Å²) in [6, 6.07) is -1.53. The van der Waals surface area contributed by atoms with Gasteiger partial charge in [0.05, 0.1) is 36.6 Å². The first kappa shape index (κ1) is 34.0. The smallest absolute Gasteiger partial charge is 0.364 e. The van der Waals surface area contributed by atoms with Gasteiger partial charge in [0.1, 0.15) is 35.7 Å². The van der Waals surface area contributed by atoms with Crippen LogP contribution in [-0.2, 0) is 23.9 Å². The fraction of sp³-hybridized carbons (Fsp3) is 0.829. The van der Waals surface area contributed by atoms with Crippen LogP contribution in [0.3, 0.4) is 0 Å². The molecule has 5 heterocycles. The van der Waals surface area contributed by atoms with Crippen molar-refractivity contribution in [3.05, 3.63) is 23.0 Å². The standard InChI is InChI=1S/C35H53NO10/c1-7-16(3)27(38)30(41)26-31(42)28(39)17(4)10-8-9-11-21-35(6,45-21)25-24(29(40)23-20(37)14-36(26)46-34(23)43)22-18(5)12-15(2)13-19(22)32-33(25)44-32/h7,15,17-19,21-22,24-28,30-33,38-42H,8-14H2,1-6H3/b16-7-,29-23+/t15-,17-,18+,19-,21-,22+,24-,25+,26-,27-,28+,30+,31+,32+,33-,35+/m0/s1. The van der Waals surface area contributed by atoms with E-state index < -0.39 is 71.8 Å². The topological polar surface area (TPSA) is 173 Å². The van der Waals surface area contributed by atoms with Crippen LogP contribution in [0.25, 0.3) is 0 Å². The second-order valence-corrected chi connectivity index (χ2v) is 15.5. The second kappa shape index (κ2) is 12.5. The van der Waals surface area contributed by atoms with E-state index in [1.165, 1.54) is 0 Å². The van der Waals surface area contributed by atoms with Gasteiger partial charge in [-0.2, -0.15) is 0 Å². The average molecular weight is 648 g/mol. The summed E-state index contributed by atoms with van der Waals surface area (Å²) in [6.07, 6.45) is 0.0892. The number of hydrogen-bond acceptors (Lipinski definition) is 11. The predicted molar refractivity (Wildman–Crippen MR) is 166 cm³/mol. The Balaban J connectivity index is 1.42. The summed E-state index contributed by atoms with van der Waals surface area (Å²) in [5.74, 6) is -2.44. The molecule has 0 aromatic rings. The Labute approximate surface area is 271 Å². The Morgan fingerprint density at radius 2 is 1.72 bits per heavy atom. The van der Waals surface area contributed by atoms with Crippen LogP contribution in [-0.4, -0.2) is 103 Å². The lowest BCUT2D eigenvalue weighted by Gasteiger charge is -2.49. The van der Waals surface area contributed by atoms with Crippen molar-refractivity contribution in [3.63, 3.8) is 0 Å². The van der Waals surface area contributed by atoms with Crippen molar-refractivity contribution in [2.45, 2.75) is 134 Å². The Hall–Kier alpha value is -1.86. The van der Waals surface area contributed by atoms with E-state index in [2.05, 4.69) is 20.8 Å². The minimum atomic E-state index is -1.71. The van der Waals surface area contributed by atoms with Crippen LogP contribution >= 0.6 is 0 Å². The summed E-state index contributed by atoms with van der Waals surface area (Å²) in [5.41, 5.74) is -0.616. The first-order valence-electron chi connectivity index (χ1n) is 17.3. The summed E-state index contributed by atoms with van der Waals surface area (Å²) < 4.78 is 12.8. The van der Waals surface area contributed by atoms with E-state index >= 15 is 0 Å². The number of aliphatic hydroxyl groups excluding tert-OH is 5. The molecule has 11 nitrogen and oxygen atoms in total. The zero-order valence-corrected chi connectivity index (χ0v) is 27.9. The number of hydrogen-bond donors (Lipinski definition) is 5. The summed E-state index contributed by atoms with van der Waals surface area (Å²) in [6.45, 7) is 11.0. The third kappa shape index (κ3) is 5.67. The summed E-state index contributed by atoms with van der Waals surface area (Å²) in [5, 5.41) is 57.9. The molecule has 3 saturated heterocycles. The number of nitrogens with zero attached hydrogens (tertiary/aromatic N) is 1. The average Bonchev–Trinajstić information content (AvgIpc) is 3.92. The van der Waals surface area contributed by atoms with Crippen molar-refractivity contribution in [1.82, 2.24) is 5.06 Å². The van der Waals surface area contributed by atoms with E-state index in [4.69, 9.17) is 14.3 Å². The molecular weight excluding hydrogens is 594 g/mol. The monoisotopic (exact) mass is 647 g/mol. The molecule has 2 bridgehead atoms.